The predicted octanol–water partition coefficient (Wildman–Crippen LogP) is 2.37. The number of halogens is 1. The van der Waals surface area contributed by atoms with Crippen LogP contribution in [0.2, 0.25) is 0 Å². The molecule has 0 aliphatic carbocycles. The van der Waals surface area contributed by atoms with Crippen LogP contribution in [0.4, 0.5) is 5.69 Å². The van der Waals surface area contributed by atoms with Gasteiger partial charge in [0.1, 0.15) is 0 Å². The number of hydrogen-bond acceptors (Lipinski definition) is 3. The Morgan fingerprint density at radius 3 is 2.92 bits per heavy atom. The highest BCUT2D eigenvalue weighted by atomic mass is 79.9. The molecule has 64 valence electrons. The summed E-state index contributed by atoms with van der Waals surface area (Å²) in [5.41, 5.74) is 1.11. The van der Waals surface area contributed by atoms with Crippen LogP contribution >= 0.6 is 27.7 Å². The highest BCUT2D eigenvalue weighted by Gasteiger charge is 2.17. The fourth-order valence-corrected chi connectivity index (χ4v) is 2.05. The Bertz CT molecular complexity index is 276. The number of rotatable bonds is 2. The predicted molar refractivity (Wildman–Crippen MR) is 56.7 cm³/mol. The standard InChI is InChI=1S/C8H9BrN2S/c9-6-1-7(3-10-2-6)11-8-4-12-5-8/h1-3,8,11H,4-5H2. The monoisotopic (exact) mass is 244 g/mol. The number of pyridine rings is 1. The Hall–Kier alpha value is -0.220. The summed E-state index contributed by atoms with van der Waals surface area (Å²) in [4.78, 5) is 4.08. The van der Waals surface area contributed by atoms with Crippen molar-refractivity contribution in [1.82, 2.24) is 4.98 Å². The minimum atomic E-state index is 0.645. The molecule has 1 aliphatic rings. The maximum absolute atomic E-state index is 4.08. The SMILES string of the molecule is Brc1cncc(NC2CSC2)c1. The van der Waals surface area contributed by atoms with E-state index in [9.17, 15) is 0 Å². The first kappa shape index (κ1) is 8.38. The maximum Gasteiger partial charge on any atom is 0.0540 e. The molecule has 0 unspecified atom stereocenters. The lowest BCUT2D eigenvalue weighted by atomic mass is 10.3. The van der Waals surface area contributed by atoms with Gasteiger partial charge in [-0.1, -0.05) is 0 Å². The second kappa shape index (κ2) is 3.66. The molecule has 2 heterocycles. The molecule has 0 radical (unpaired) electrons. The van der Waals surface area contributed by atoms with Crippen molar-refractivity contribution in [3.63, 3.8) is 0 Å². The molecule has 0 aromatic carbocycles. The van der Waals surface area contributed by atoms with E-state index in [1.807, 2.05) is 18.0 Å². The molecule has 1 aromatic heterocycles. The normalized spacial score (nSPS) is 17.1. The van der Waals surface area contributed by atoms with Crippen LogP contribution in [0.25, 0.3) is 0 Å². The average Bonchev–Trinajstić information content (AvgIpc) is 1.97. The third-order valence-corrected chi connectivity index (χ3v) is 3.42. The number of nitrogens with zero attached hydrogens (tertiary/aromatic N) is 1. The van der Waals surface area contributed by atoms with E-state index >= 15 is 0 Å². The zero-order chi connectivity index (χ0) is 8.39. The quantitative estimate of drug-likeness (QED) is 0.865. The largest absolute Gasteiger partial charge is 0.379 e. The molecule has 1 aromatic rings. The molecule has 0 amide bonds. The van der Waals surface area contributed by atoms with Crippen LogP contribution in [0, 0.1) is 0 Å². The Morgan fingerprint density at radius 2 is 2.33 bits per heavy atom. The van der Waals surface area contributed by atoms with Gasteiger partial charge >= 0.3 is 0 Å². The number of nitrogens with one attached hydrogen (secondary N) is 1. The van der Waals surface area contributed by atoms with Crippen LogP contribution in [0.15, 0.2) is 22.9 Å². The summed E-state index contributed by atoms with van der Waals surface area (Å²) in [5, 5.41) is 3.41. The van der Waals surface area contributed by atoms with Crippen LogP contribution in [-0.2, 0) is 0 Å². The smallest absolute Gasteiger partial charge is 0.0540 e. The zero-order valence-electron chi connectivity index (χ0n) is 6.46. The summed E-state index contributed by atoms with van der Waals surface area (Å²) in [6.07, 6.45) is 3.65. The van der Waals surface area contributed by atoms with E-state index in [-0.39, 0.29) is 0 Å². The first-order chi connectivity index (χ1) is 5.84. The summed E-state index contributed by atoms with van der Waals surface area (Å²) >= 11 is 5.36. The van der Waals surface area contributed by atoms with Gasteiger partial charge < -0.3 is 5.32 Å². The highest BCUT2D eigenvalue weighted by Crippen LogP contribution is 2.22. The van der Waals surface area contributed by atoms with E-state index in [1.165, 1.54) is 11.5 Å². The molecule has 0 spiro atoms. The highest BCUT2D eigenvalue weighted by molar-refractivity contribution is 9.10. The van der Waals surface area contributed by atoms with Gasteiger partial charge in [-0.25, -0.2) is 0 Å². The van der Waals surface area contributed by atoms with E-state index in [1.54, 1.807) is 6.20 Å². The first-order valence-electron chi connectivity index (χ1n) is 3.79. The van der Waals surface area contributed by atoms with Crippen LogP contribution in [0.5, 0.6) is 0 Å². The van der Waals surface area contributed by atoms with Crippen LogP contribution in [0.1, 0.15) is 0 Å². The van der Waals surface area contributed by atoms with E-state index in [2.05, 4.69) is 32.3 Å². The van der Waals surface area contributed by atoms with Crippen LogP contribution in [-0.4, -0.2) is 22.5 Å². The Kier molecular flexibility index (Phi) is 2.56. The van der Waals surface area contributed by atoms with Crippen molar-refractivity contribution in [3.05, 3.63) is 22.9 Å². The molecule has 1 aliphatic heterocycles. The van der Waals surface area contributed by atoms with Crippen molar-refractivity contribution in [2.45, 2.75) is 6.04 Å². The van der Waals surface area contributed by atoms with E-state index in [0.29, 0.717) is 6.04 Å². The van der Waals surface area contributed by atoms with Gasteiger partial charge in [-0.2, -0.15) is 11.8 Å². The molecule has 0 saturated carbocycles. The van der Waals surface area contributed by atoms with Crippen LogP contribution in [0.3, 0.4) is 0 Å². The molecule has 0 bridgehead atoms. The minimum Gasteiger partial charge on any atom is -0.379 e. The van der Waals surface area contributed by atoms with Gasteiger partial charge in [0.05, 0.1) is 11.9 Å². The van der Waals surface area contributed by atoms with Gasteiger partial charge in [-0.05, 0) is 22.0 Å². The van der Waals surface area contributed by atoms with Crippen molar-refractivity contribution in [2.75, 3.05) is 16.8 Å². The number of aromatic nitrogens is 1. The fourth-order valence-electron chi connectivity index (χ4n) is 1.05. The zero-order valence-corrected chi connectivity index (χ0v) is 8.86. The molecule has 0 atom stereocenters. The summed E-state index contributed by atoms with van der Waals surface area (Å²) in [6, 6.07) is 2.70. The number of hydrogen-bond donors (Lipinski definition) is 1. The molecule has 4 heteroatoms. The number of thioether (sulfide) groups is 1. The lowest BCUT2D eigenvalue weighted by Crippen LogP contribution is -2.33. The molecule has 12 heavy (non-hydrogen) atoms. The molecular formula is C8H9BrN2S. The van der Waals surface area contributed by atoms with Crippen molar-refractivity contribution < 1.29 is 0 Å². The summed E-state index contributed by atoms with van der Waals surface area (Å²) in [7, 11) is 0. The topological polar surface area (TPSA) is 24.9 Å². The van der Waals surface area contributed by atoms with Gasteiger partial charge in [0.15, 0.2) is 0 Å². The van der Waals surface area contributed by atoms with Gasteiger partial charge in [0, 0.05) is 28.2 Å². The third-order valence-electron chi connectivity index (χ3n) is 1.71. The Morgan fingerprint density at radius 1 is 1.50 bits per heavy atom. The summed E-state index contributed by atoms with van der Waals surface area (Å²) in [5.74, 6) is 2.43. The van der Waals surface area contributed by atoms with Gasteiger partial charge in [-0.15, -0.1) is 0 Å². The van der Waals surface area contributed by atoms with Crippen molar-refractivity contribution in [1.29, 1.82) is 0 Å². The van der Waals surface area contributed by atoms with E-state index in [0.717, 1.165) is 10.2 Å². The van der Waals surface area contributed by atoms with Crippen molar-refractivity contribution >= 4 is 33.4 Å². The summed E-state index contributed by atoms with van der Waals surface area (Å²) in [6.45, 7) is 0. The Labute approximate surface area is 84.3 Å². The van der Waals surface area contributed by atoms with E-state index in [4.69, 9.17) is 0 Å². The molecule has 2 nitrogen and oxygen atoms in total. The van der Waals surface area contributed by atoms with E-state index < -0.39 is 0 Å². The molecular weight excluding hydrogens is 236 g/mol. The lowest BCUT2D eigenvalue weighted by Gasteiger charge is -2.26. The maximum atomic E-state index is 4.08. The van der Waals surface area contributed by atoms with Gasteiger partial charge in [0.25, 0.3) is 0 Å². The number of anilines is 1. The average molecular weight is 245 g/mol. The minimum absolute atomic E-state index is 0.645. The second-order valence-electron chi connectivity index (χ2n) is 2.77. The summed E-state index contributed by atoms with van der Waals surface area (Å²) < 4.78 is 1.03. The van der Waals surface area contributed by atoms with Gasteiger partial charge in [0.2, 0.25) is 0 Å². The molecule has 1 fully saturated rings. The Balaban J connectivity index is 2.02. The second-order valence-corrected chi connectivity index (χ2v) is 4.76. The molecule has 1 saturated heterocycles. The first-order valence-corrected chi connectivity index (χ1v) is 5.74. The van der Waals surface area contributed by atoms with Crippen molar-refractivity contribution in [3.8, 4) is 0 Å². The third kappa shape index (κ3) is 1.93. The molecule has 2 rings (SSSR count). The fraction of sp³-hybridized carbons (Fsp3) is 0.375. The van der Waals surface area contributed by atoms with Gasteiger partial charge in [-0.3, -0.25) is 4.98 Å². The lowest BCUT2D eigenvalue weighted by molar-refractivity contribution is 0.880. The van der Waals surface area contributed by atoms with Crippen LogP contribution < -0.4 is 5.32 Å². The molecule has 1 N–H and O–H groups in total. The van der Waals surface area contributed by atoms with Crippen molar-refractivity contribution in [2.24, 2.45) is 0 Å².